The Labute approximate surface area is 171 Å². The van der Waals surface area contributed by atoms with Gasteiger partial charge in [0.1, 0.15) is 18.3 Å². The van der Waals surface area contributed by atoms with Gasteiger partial charge in [0.2, 0.25) is 0 Å². The minimum absolute atomic E-state index is 0.298. The Hall–Kier alpha value is -0.240. The third-order valence-corrected chi connectivity index (χ3v) is 6.04. The highest BCUT2D eigenvalue weighted by atomic mass is 16.6. The monoisotopic (exact) mass is 403 g/mol. The van der Waals surface area contributed by atoms with Crippen LogP contribution in [0.25, 0.3) is 0 Å². The maximum atomic E-state index is 10.6. The highest BCUT2D eigenvalue weighted by molar-refractivity contribution is 4.98. The molecule has 5 atom stereocenters. The Morgan fingerprint density at radius 1 is 0.750 bits per heavy atom. The van der Waals surface area contributed by atoms with Gasteiger partial charge in [0.05, 0.1) is 12.6 Å². The molecule has 168 valence electrons. The molecule has 1 rings (SSSR count). The number of hydrogen-bond donors (Lipinski definition) is 5. The van der Waals surface area contributed by atoms with Crippen molar-refractivity contribution in [2.75, 3.05) is 6.61 Å². The van der Waals surface area contributed by atoms with Crippen LogP contribution in [0.4, 0.5) is 0 Å². The van der Waals surface area contributed by atoms with Crippen LogP contribution in [0.1, 0.15) is 103 Å². The van der Waals surface area contributed by atoms with E-state index in [9.17, 15) is 20.4 Å². The predicted molar refractivity (Wildman–Crippen MR) is 112 cm³/mol. The molecular weight excluding hydrogens is 358 g/mol. The van der Waals surface area contributed by atoms with Crippen LogP contribution in [0.15, 0.2) is 0 Å². The van der Waals surface area contributed by atoms with Crippen LogP contribution in [-0.4, -0.2) is 57.2 Å². The fourth-order valence-electron chi connectivity index (χ4n) is 4.05. The van der Waals surface area contributed by atoms with E-state index < -0.39 is 36.7 Å². The van der Waals surface area contributed by atoms with Crippen molar-refractivity contribution in [2.45, 2.75) is 133 Å². The lowest BCUT2D eigenvalue weighted by molar-refractivity contribution is -0.316. The summed E-state index contributed by atoms with van der Waals surface area (Å²) in [6.45, 7) is 1.79. The molecule has 0 bridgehead atoms. The summed E-state index contributed by atoms with van der Waals surface area (Å²) >= 11 is 0. The van der Waals surface area contributed by atoms with Gasteiger partial charge in [-0.2, -0.15) is 0 Å². The van der Waals surface area contributed by atoms with Crippen molar-refractivity contribution >= 4 is 0 Å². The number of hydrogen-bond acceptors (Lipinski definition) is 6. The highest BCUT2D eigenvalue weighted by Gasteiger charge is 2.50. The van der Waals surface area contributed by atoms with Gasteiger partial charge in [-0.25, -0.2) is 0 Å². The first-order valence-corrected chi connectivity index (χ1v) is 11.6. The second-order valence-corrected chi connectivity index (χ2v) is 8.54. The minimum atomic E-state index is -1.69. The fourth-order valence-corrected chi connectivity index (χ4v) is 4.05. The molecule has 0 saturated carbocycles. The van der Waals surface area contributed by atoms with Crippen molar-refractivity contribution in [1.82, 2.24) is 0 Å². The Morgan fingerprint density at radius 2 is 1.18 bits per heavy atom. The van der Waals surface area contributed by atoms with Crippen molar-refractivity contribution in [2.24, 2.45) is 5.73 Å². The molecule has 1 aliphatic rings. The van der Waals surface area contributed by atoms with E-state index in [0.717, 1.165) is 19.3 Å². The van der Waals surface area contributed by atoms with Crippen molar-refractivity contribution in [1.29, 1.82) is 0 Å². The normalized spacial score (nSPS) is 30.6. The summed E-state index contributed by atoms with van der Waals surface area (Å²) in [6.07, 6.45) is 14.2. The summed E-state index contributed by atoms with van der Waals surface area (Å²) < 4.78 is 5.40. The smallest absolute Gasteiger partial charge is 0.184 e. The predicted octanol–water partition coefficient (Wildman–Crippen LogP) is 2.99. The van der Waals surface area contributed by atoms with Crippen LogP contribution in [-0.2, 0) is 4.74 Å². The van der Waals surface area contributed by atoms with Crippen LogP contribution < -0.4 is 5.73 Å². The van der Waals surface area contributed by atoms with Gasteiger partial charge in [-0.05, 0) is 6.42 Å². The number of nitrogens with two attached hydrogens (primary N) is 1. The van der Waals surface area contributed by atoms with Crippen LogP contribution in [0.2, 0.25) is 0 Å². The summed E-state index contributed by atoms with van der Waals surface area (Å²) in [7, 11) is 0. The molecule has 1 heterocycles. The van der Waals surface area contributed by atoms with E-state index in [4.69, 9.17) is 10.5 Å². The molecule has 6 heteroatoms. The Morgan fingerprint density at radius 3 is 1.61 bits per heavy atom. The van der Waals surface area contributed by atoms with E-state index in [1.54, 1.807) is 0 Å². The van der Waals surface area contributed by atoms with Gasteiger partial charge in [-0.15, -0.1) is 0 Å². The average Bonchev–Trinajstić information content (AvgIpc) is 2.69. The molecule has 0 aromatic carbocycles. The van der Waals surface area contributed by atoms with E-state index in [0.29, 0.717) is 6.42 Å². The lowest BCUT2D eigenvalue weighted by atomic mass is 9.88. The third-order valence-electron chi connectivity index (χ3n) is 6.04. The van der Waals surface area contributed by atoms with Crippen LogP contribution in [0.5, 0.6) is 0 Å². The molecule has 6 nitrogen and oxygen atoms in total. The molecule has 0 aromatic heterocycles. The first-order valence-electron chi connectivity index (χ1n) is 11.6. The molecule has 1 fully saturated rings. The van der Waals surface area contributed by atoms with E-state index in [-0.39, 0.29) is 0 Å². The Bertz CT molecular complexity index is 382. The lowest BCUT2D eigenvalue weighted by Crippen LogP contribution is -2.68. The largest absolute Gasteiger partial charge is 0.394 e. The minimum Gasteiger partial charge on any atom is -0.394 e. The molecule has 0 amide bonds. The van der Waals surface area contributed by atoms with Crippen LogP contribution >= 0.6 is 0 Å². The highest BCUT2D eigenvalue weighted by Crippen LogP contribution is 2.31. The topological polar surface area (TPSA) is 116 Å². The molecule has 0 spiro atoms. The third kappa shape index (κ3) is 9.06. The number of ether oxygens (including phenoxy) is 1. The zero-order valence-corrected chi connectivity index (χ0v) is 17.9. The summed E-state index contributed by atoms with van der Waals surface area (Å²) in [6, 6.07) is -1.08. The molecule has 0 aromatic rings. The van der Waals surface area contributed by atoms with Gasteiger partial charge >= 0.3 is 0 Å². The number of unbranched alkanes of at least 4 members (excludes halogenated alkanes) is 13. The SMILES string of the molecule is CCCCCCCCCCCCCCCCC1(O)O[C@H](CO)[C@H](O)[C@H](O)[C@H]1N. The van der Waals surface area contributed by atoms with Crippen LogP contribution in [0.3, 0.4) is 0 Å². The van der Waals surface area contributed by atoms with Gasteiger partial charge in [0.25, 0.3) is 0 Å². The fraction of sp³-hybridized carbons (Fsp3) is 1.00. The standard InChI is InChI=1S/C22H45NO5/c1-2-3-4-5-6-7-8-9-10-11-12-13-14-15-16-22(27)21(23)20(26)19(25)18(17-24)28-22/h18-21,24-27H,2-17,23H2,1H3/t18-,19+,20+,21-,22?/m1/s1. The second kappa shape index (κ2) is 14.7. The number of rotatable bonds is 16. The van der Waals surface area contributed by atoms with Crippen LogP contribution in [0, 0.1) is 0 Å². The van der Waals surface area contributed by atoms with E-state index >= 15 is 0 Å². The van der Waals surface area contributed by atoms with E-state index in [1.165, 1.54) is 70.6 Å². The van der Waals surface area contributed by atoms with Gasteiger partial charge in [0.15, 0.2) is 5.79 Å². The lowest BCUT2D eigenvalue weighted by Gasteiger charge is -2.46. The Kier molecular flexibility index (Phi) is 13.5. The number of aliphatic hydroxyl groups excluding tert-OH is 3. The maximum Gasteiger partial charge on any atom is 0.184 e. The molecule has 1 saturated heterocycles. The molecule has 1 unspecified atom stereocenters. The molecule has 1 aliphatic heterocycles. The molecule has 6 N–H and O–H groups in total. The van der Waals surface area contributed by atoms with E-state index in [1.807, 2.05) is 0 Å². The zero-order valence-electron chi connectivity index (χ0n) is 17.9. The summed E-state index contributed by atoms with van der Waals surface area (Å²) in [5.74, 6) is -1.69. The van der Waals surface area contributed by atoms with Gasteiger partial charge in [-0.3, -0.25) is 0 Å². The first-order chi connectivity index (χ1) is 13.5. The van der Waals surface area contributed by atoms with Crippen molar-refractivity contribution in [3.05, 3.63) is 0 Å². The first kappa shape index (κ1) is 25.8. The maximum absolute atomic E-state index is 10.6. The van der Waals surface area contributed by atoms with Gasteiger partial charge < -0.3 is 30.9 Å². The molecule has 28 heavy (non-hydrogen) atoms. The molecular formula is C22H45NO5. The summed E-state index contributed by atoms with van der Waals surface area (Å²) in [5.41, 5.74) is 5.85. The van der Waals surface area contributed by atoms with Crippen molar-refractivity contribution in [3.8, 4) is 0 Å². The number of aliphatic hydroxyl groups is 4. The van der Waals surface area contributed by atoms with Crippen molar-refractivity contribution < 1.29 is 25.2 Å². The quantitative estimate of drug-likeness (QED) is 0.253. The summed E-state index contributed by atoms with van der Waals surface area (Å²) in [4.78, 5) is 0. The van der Waals surface area contributed by atoms with E-state index in [2.05, 4.69) is 6.92 Å². The molecule has 0 aliphatic carbocycles. The van der Waals surface area contributed by atoms with Gasteiger partial charge in [-0.1, -0.05) is 90.4 Å². The van der Waals surface area contributed by atoms with Crippen molar-refractivity contribution in [3.63, 3.8) is 0 Å². The Balaban J connectivity index is 2.02. The summed E-state index contributed by atoms with van der Waals surface area (Å²) in [5, 5.41) is 39.6. The average molecular weight is 404 g/mol. The zero-order chi connectivity index (χ0) is 20.8. The van der Waals surface area contributed by atoms with Gasteiger partial charge in [0, 0.05) is 6.42 Å². The molecule has 0 radical (unpaired) electrons. The second-order valence-electron chi connectivity index (χ2n) is 8.54.